The van der Waals surface area contributed by atoms with E-state index in [1.165, 1.54) is 0 Å². The van der Waals surface area contributed by atoms with Gasteiger partial charge < -0.3 is 9.90 Å². The van der Waals surface area contributed by atoms with Crippen molar-refractivity contribution in [3.05, 3.63) is 29.8 Å². The summed E-state index contributed by atoms with van der Waals surface area (Å²) in [5.74, 6) is -1.21. The number of benzene rings is 1. The topological polar surface area (TPSA) is 91.7 Å². The quantitative estimate of drug-likeness (QED) is 0.459. The number of carboxylic acid groups (broad SMARTS) is 1. The molecule has 0 fully saturated rings. The van der Waals surface area contributed by atoms with Gasteiger partial charge in [-0.05, 0) is 0 Å². The van der Waals surface area contributed by atoms with E-state index in [2.05, 4.69) is 6.07 Å². The van der Waals surface area contributed by atoms with Crippen molar-refractivity contribution in [2.24, 2.45) is 0 Å². The summed E-state index contributed by atoms with van der Waals surface area (Å²) in [6, 6.07) is 5.15. The zero-order valence-corrected chi connectivity index (χ0v) is 8.32. The molecule has 14 heavy (non-hydrogen) atoms. The largest absolute Gasteiger partial charge is 1.00 e. The molecule has 80 valence electrons. The van der Waals surface area contributed by atoms with Crippen molar-refractivity contribution < 1.29 is 39.9 Å². The summed E-state index contributed by atoms with van der Waals surface area (Å²) >= 11 is 0. The second-order valence-corrected chi connectivity index (χ2v) is 3.64. The molecule has 0 unspecified atom stereocenters. The maximum Gasteiger partial charge on any atom is 1.00 e. The molecule has 0 saturated heterocycles. The van der Waals surface area contributed by atoms with E-state index in [1.54, 1.807) is 0 Å². The number of carbonyl (C=O) groups is 1. The van der Waals surface area contributed by atoms with Crippen LogP contribution in [0.25, 0.3) is 0 Å². The Morgan fingerprint density at radius 3 is 2.21 bits per heavy atom. The molecule has 0 spiro atoms. The van der Waals surface area contributed by atoms with Crippen molar-refractivity contribution in [3.8, 4) is 0 Å². The fraction of sp³-hybridized carbons (Fsp3) is 0. The standard InChI is InChI=1S/C7H5O5S.Cu/c8-7(9)5-1-3-6(4-2-5)13(10,11)12;/h1,3-4H,(H,8,9)(H,10,11,12);/q-1;+1. The first-order valence-electron chi connectivity index (χ1n) is 3.14. The van der Waals surface area contributed by atoms with Crippen LogP contribution in [-0.2, 0) is 27.2 Å². The van der Waals surface area contributed by atoms with E-state index >= 15 is 0 Å². The predicted molar refractivity (Wildman–Crippen MR) is 42.1 cm³/mol. The number of carboxylic acids is 1. The number of hydrogen-bond donors (Lipinski definition) is 2. The van der Waals surface area contributed by atoms with Crippen molar-refractivity contribution in [2.75, 3.05) is 0 Å². The van der Waals surface area contributed by atoms with Crippen molar-refractivity contribution in [2.45, 2.75) is 4.90 Å². The monoisotopic (exact) mass is 264 g/mol. The van der Waals surface area contributed by atoms with Gasteiger partial charge in [0.2, 0.25) is 5.97 Å². The molecule has 0 aromatic heterocycles. The Bertz CT molecular complexity index is 422. The van der Waals surface area contributed by atoms with Gasteiger partial charge in [-0.2, -0.15) is 0 Å². The maximum absolute atomic E-state index is 10.5. The van der Waals surface area contributed by atoms with Crippen LogP contribution in [0.15, 0.2) is 23.1 Å². The summed E-state index contributed by atoms with van der Waals surface area (Å²) in [6.07, 6.45) is 0. The predicted octanol–water partition coefficient (Wildman–Crippen LogP) is 0.429. The molecule has 0 heterocycles. The molecule has 1 aromatic rings. The maximum atomic E-state index is 10.5. The normalized spacial score (nSPS) is 10.4. The molecular formula is C7H5CuO5S. The minimum absolute atomic E-state index is 0. The minimum Gasteiger partial charge on any atom is -0.521 e. The summed E-state index contributed by atoms with van der Waals surface area (Å²) in [5.41, 5.74) is -0.160. The summed E-state index contributed by atoms with van der Waals surface area (Å²) in [7, 11) is -4.27. The fourth-order valence-electron chi connectivity index (χ4n) is 0.704. The Morgan fingerprint density at radius 1 is 1.36 bits per heavy atom. The second kappa shape index (κ2) is 4.56. The summed E-state index contributed by atoms with van der Waals surface area (Å²) in [4.78, 5) is 9.94. The summed E-state index contributed by atoms with van der Waals surface area (Å²) in [6.45, 7) is 0. The van der Waals surface area contributed by atoms with Gasteiger partial charge in [0.05, 0.1) is 0 Å². The first-order chi connectivity index (χ1) is 5.91. The van der Waals surface area contributed by atoms with Gasteiger partial charge in [-0.15, -0.1) is 24.3 Å². The molecule has 0 radical (unpaired) electrons. The number of aromatic carboxylic acids is 1. The SMILES string of the molecule is O=C(O)c1[c-]cc(S(=O)(=O)O)cc1.[Cu+]. The van der Waals surface area contributed by atoms with Gasteiger partial charge in [0.1, 0.15) is 0 Å². The van der Waals surface area contributed by atoms with Crippen LogP contribution in [0.4, 0.5) is 0 Å². The minimum atomic E-state index is -4.27. The molecule has 5 nitrogen and oxygen atoms in total. The average Bonchev–Trinajstić information content (AvgIpc) is 2.03. The first kappa shape index (κ1) is 13.1. The Labute approximate surface area is 91.0 Å². The van der Waals surface area contributed by atoms with E-state index in [0.29, 0.717) is 0 Å². The van der Waals surface area contributed by atoms with Crippen LogP contribution in [0.2, 0.25) is 0 Å². The van der Waals surface area contributed by atoms with Crippen molar-refractivity contribution in [3.63, 3.8) is 0 Å². The van der Waals surface area contributed by atoms with E-state index < -0.39 is 16.1 Å². The molecule has 2 N–H and O–H groups in total. The zero-order chi connectivity index (χ0) is 10.1. The molecule has 1 aromatic carbocycles. The molecule has 0 aliphatic rings. The second-order valence-electron chi connectivity index (χ2n) is 2.22. The Kier molecular flexibility index (Phi) is 4.28. The zero-order valence-electron chi connectivity index (χ0n) is 6.56. The molecule has 0 atom stereocenters. The van der Waals surface area contributed by atoms with Gasteiger partial charge >= 0.3 is 17.1 Å². The smallest absolute Gasteiger partial charge is 0.521 e. The van der Waals surface area contributed by atoms with Gasteiger partial charge in [-0.25, -0.2) is 8.42 Å². The first-order valence-corrected chi connectivity index (χ1v) is 4.58. The third-order valence-corrected chi connectivity index (χ3v) is 2.16. The average molecular weight is 265 g/mol. The Balaban J connectivity index is 0.00000169. The number of rotatable bonds is 2. The third kappa shape index (κ3) is 3.11. The van der Waals surface area contributed by atoms with Crippen molar-refractivity contribution in [1.82, 2.24) is 0 Å². The Morgan fingerprint density at radius 2 is 1.93 bits per heavy atom. The summed E-state index contributed by atoms with van der Waals surface area (Å²) < 4.78 is 29.5. The molecule has 0 amide bonds. The van der Waals surface area contributed by atoms with E-state index in [0.717, 1.165) is 18.2 Å². The Hall–Kier alpha value is -0.881. The summed E-state index contributed by atoms with van der Waals surface area (Å²) in [5, 5.41) is 8.44. The number of hydrogen-bond acceptors (Lipinski definition) is 3. The molecule has 0 saturated carbocycles. The molecule has 0 bridgehead atoms. The molecule has 1 rings (SSSR count). The van der Waals surface area contributed by atoms with E-state index in [-0.39, 0.29) is 27.5 Å². The van der Waals surface area contributed by atoms with E-state index in [4.69, 9.17) is 9.66 Å². The van der Waals surface area contributed by atoms with Gasteiger partial charge in [-0.1, -0.05) is 5.56 Å². The van der Waals surface area contributed by atoms with Gasteiger partial charge in [0.25, 0.3) is 10.1 Å². The van der Waals surface area contributed by atoms with Crippen molar-refractivity contribution >= 4 is 16.1 Å². The van der Waals surface area contributed by atoms with E-state index in [1.807, 2.05) is 0 Å². The van der Waals surface area contributed by atoms with Crippen LogP contribution in [0, 0.1) is 6.07 Å². The van der Waals surface area contributed by atoms with Gasteiger partial charge in [0.15, 0.2) is 0 Å². The van der Waals surface area contributed by atoms with Crippen LogP contribution in [0.1, 0.15) is 10.4 Å². The van der Waals surface area contributed by atoms with Gasteiger partial charge in [-0.3, -0.25) is 4.55 Å². The molecule has 0 aliphatic heterocycles. The van der Waals surface area contributed by atoms with Crippen LogP contribution in [-0.4, -0.2) is 24.0 Å². The van der Waals surface area contributed by atoms with Crippen LogP contribution in [0.5, 0.6) is 0 Å². The van der Waals surface area contributed by atoms with Gasteiger partial charge in [0, 0.05) is 4.90 Å². The van der Waals surface area contributed by atoms with Crippen LogP contribution < -0.4 is 0 Å². The van der Waals surface area contributed by atoms with E-state index in [9.17, 15) is 13.2 Å². The molecular weight excluding hydrogens is 260 g/mol. The fourth-order valence-corrected chi connectivity index (χ4v) is 1.15. The van der Waals surface area contributed by atoms with Crippen LogP contribution >= 0.6 is 0 Å². The van der Waals surface area contributed by atoms with Crippen molar-refractivity contribution in [1.29, 1.82) is 0 Å². The van der Waals surface area contributed by atoms with Crippen LogP contribution in [0.3, 0.4) is 0 Å². The third-order valence-electron chi connectivity index (χ3n) is 1.31. The molecule has 7 heteroatoms. The molecule has 0 aliphatic carbocycles.